The van der Waals surface area contributed by atoms with Crippen molar-refractivity contribution >= 4 is 18.3 Å². The first-order chi connectivity index (χ1) is 9.68. The Morgan fingerprint density at radius 3 is 2.23 bits per heavy atom. The zero-order chi connectivity index (χ0) is 16.3. The van der Waals surface area contributed by atoms with Crippen LogP contribution in [0.4, 0.5) is 0 Å². The van der Waals surface area contributed by atoms with Crippen molar-refractivity contribution < 1.29 is 4.79 Å². The van der Waals surface area contributed by atoms with Gasteiger partial charge in [0.15, 0.2) is 0 Å². The Morgan fingerprint density at radius 1 is 1.27 bits per heavy atom. The molecular weight excluding hydrogens is 300 g/mol. The summed E-state index contributed by atoms with van der Waals surface area (Å²) in [5.74, 6) is -0.0842. The molecule has 0 aromatic carbocycles. The topological polar surface area (TPSA) is 72.9 Å². The van der Waals surface area contributed by atoms with Gasteiger partial charge in [-0.15, -0.1) is 12.4 Å². The SMILES string of the molecule is CCc1c(C(=O)NCC(N)(CC)CC)cnn1C(C)(C)C.Cl. The van der Waals surface area contributed by atoms with Gasteiger partial charge < -0.3 is 11.1 Å². The van der Waals surface area contributed by atoms with E-state index in [1.54, 1.807) is 6.20 Å². The minimum atomic E-state index is -0.331. The smallest absolute Gasteiger partial charge is 0.254 e. The second-order valence-electron chi connectivity index (χ2n) is 6.69. The summed E-state index contributed by atoms with van der Waals surface area (Å²) in [6, 6.07) is 0. The monoisotopic (exact) mass is 330 g/mol. The van der Waals surface area contributed by atoms with Crippen LogP contribution in [0.25, 0.3) is 0 Å². The van der Waals surface area contributed by atoms with Gasteiger partial charge >= 0.3 is 0 Å². The molecule has 0 saturated heterocycles. The van der Waals surface area contributed by atoms with E-state index < -0.39 is 0 Å². The normalized spacial score (nSPS) is 12.0. The molecule has 0 aliphatic heterocycles. The number of hydrogen-bond acceptors (Lipinski definition) is 3. The number of carbonyl (C=O) groups is 1. The molecule has 0 bridgehead atoms. The van der Waals surface area contributed by atoms with Crippen molar-refractivity contribution in [1.29, 1.82) is 0 Å². The van der Waals surface area contributed by atoms with Gasteiger partial charge in [-0.2, -0.15) is 5.10 Å². The zero-order valence-corrected chi connectivity index (χ0v) is 15.5. The van der Waals surface area contributed by atoms with Crippen molar-refractivity contribution in [2.24, 2.45) is 5.73 Å². The van der Waals surface area contributed by atoms with E-state index in [0.717, 1.165) is 25.0 Å². The largest absolute Gasteiger partial charge is 0.350 e. The van der Waals surface area contributed by atoms with Gasteiger partial charge in [-0.05, 0) is 40.0 Å². The lowest BCUT2D eigenvalue weighted by molar-refractivity contribution is 0.0941. The molecule has 0 radical (unpaired) electrons. The van der Waals surface area contributed by atoms with Crippen LogP contribution in [0.2, 0.25) is 0 Å². The Hall–Kier alpha value is -1.07. The van der Waals surface area contributed by atoms with Gasteiger partial charge in [-0.3, -0.25) is 9.48 Å². The molecule has 1 heterocycles. The first-order valence-corrected chi connectivity index (χ1v) is 7.83. The second-order valence-corrected chi connectivity index (χ2v) is 6.69. The number of aromatic nitrogens is 2. The molecule has 1 aromatic rings. The van der Waals surface area contributed by atoms with Crippen LogP contribution in [0.15, 0.2) is 6.20 Å². The summed E-state index contributed by atoms with van der Waals surface area (Å²) in [5, 5.41) is 7.35. The van der Waals surface area contributed by atoms with Crippen molar-refractivity contribution in [2.75, 3.05) is 6.54 Å². The Labute approximate surface area is 140 Å². The first-order valence-electron chi connectivity index (χ1n) is 7.83. The van der Waals surface area contributed by atoms with E-state index >= 15 is 0 Å². The van der Waals surface area contributed by atoms with E-state index in [4.69, 9.17) is 5.73 Å². The molecule has 1 amide bonds. The molecule has 0 saturated carbocycles. The molecule has 3 N–H and O–H groups in total. The molecule has 128 valence electrons. The molecule has 5 nitrogen and oxygen atoms in total. The number of hydrogen-bond donors (Lipinski definition) is 2. The van der Waals surface area contributed by atoms with Crippen molar-refractivity contribution in [3.05, 3.63) is 17.5 Å². The van der Waals surface area contributed by atoms with Crippen LogP contribution in [0.3, 0.4) is 0 Å². The number of nitrogens with two attached hydrogens (primary N) is 1. The highest BCUT2D eigenvalue weighted by molar-refractivity contribution is 5.95. The maximum Gasteiger partial charge on any atom is 0.254 e. The third-order valence-corrected chi connectivity index (χ3v) is 4.09. The van der Waals surface area contributed by atoms with E-state index in [0.29, 0.717) is 12.1 Å². The average molecular weight is 331 g/mol. The van der Waals surface area contributed by atoms with Crippen LogP contribution >= 0.6 is 12.4 Å². The van der Waals surface area contributed by atoms with Gasteiger partial charge in [-0.25, -0.2) is 0 Å². The van der Waals surface area contributed by atoms with Gasteiger partial charge in [0.05, 0.1) is 23.0 Å². The highest BCUT2D eigenvalue weighted by atomic mass is 35.5. The maximum atomic E-state index is 12.4. The van der Waals surface area contributed by atoms with Gasteiger partial charge in [0.1, 0.15) is 0 Å². The maximum absolute atomic E-state index is 12.4. The van der Waals surface area contributed by atoms with E-state index in [2.05, 4.69) is 31.2 Å². The molecule has 0 fully saturated rings. The summed E-state index contributed by atoms with van der Waals surface area (Å²) in [5.41, 5.74) is 7.39. The fraction of sp³-hybridized carbons (Fsp3) is 0.750. The summed E-state index contributed by atoms with van der Waals surface area (Å²) < 4.78 is 1.93. The van der Waals surface area contributed by atoms with Crippen molar-refractivity contribution in [1.82, 2.24) is 15.1 Å². The highest BCUT2D eigenvalue weighted by Gasteiger charge is 2.25. The van der Waals surface area contributed by atoms with Crippen LogP contribution in [0, 0.1) is 0 Å². The predicted molar refractivity (Wildman–Crippen MR) is 93.7 cm³/mol. The molecule has 0 atom stereocenters. The summed E-state index contributed by atoms with van der Waals surface area (Å²) in [4.78, 5) is 12.4. The van der Waals surface area contributed by atoms with E-state index in [1.165, 1.54) is 0 Å². The molecule has 0 aliphatic rings. The summed E-state index contributed by atoms with van der Waals surface area (Å²) in [6.45, 7) is 12.9. The molecule has 22 heavy (non-hydrogen) atoms. The number of amides is 1. The first kappa shape index (κ1) is 20.9. The Bertz CT molecular complexity index is 487. The van der Waals surface area contributed by atoms with Gasteiger partial charge in [0, 0.05) is 12.1 Å². The predicted octanol–water partition coefficient (Wildman–Crippen LogP) is 2.87. The van der Waals surface area contributed by atoms with Crippen LogP contribution in [0.5, 0.6) is 0 Å². The van der Waals surface area contributed by atoms with Crippen LogP contribution in [-0.4, -0.2) is 27.8 Å². The van der Waals surface area contributed by atoms with Crippen LogP contribution in [0.1, 0.15) is 70.4 Å². The van der Waals surface area contributed by atoms with Crippen molar-refractivity contribution in [3.63, 3.8) is 0 Å². The number of carbonyl (C=O) groups excluding carboxylic acids is 1. The Balaban J connectivity index is 0.00000441. The lowest BCUT2D eigenvalue weighted by atomic mass is 9.94. The number of halogens is 1. The molecule has 0 aliphatic carbocycles. The van der Waals surface area contributed by atoms with Crippen LogP contribution in [-0.2, 0) is 12.0 Å². The summed E-state index contributed by atoms with van der Waals surface area (Å²) >= 11 is 0. The van der Waals surface area contributed by atoms with E-state index in [9.17, 15) is 4.79 Å². The lowest BCUT2D eigenvalue weighted by Gasteiger charge is -2.27. The van der Waals surface area contributed by atoms with Crippen LogP contribution < -0.4 is 11.1 Å². The Kier molecular flexibility index (Phi) is 7.58. The molecule has 1 rings (SSSR count). The third-order valence-electron chi connectivity index (χ3n) is 4.09. The highest BCUT2D eigenvalue weighted by Crippen LogP contribution is 2.20. The lowest BCUT2D eigenvalue weighted by Crippen LogP contribution is -2.49. The summed E-state index contributed by atoms with van der Waals surface area (Å²) in [6.07, 6.45) is 4.11. The zero-order valence-electron chi connectivity index (χ0n) is 14.7. The molecule has 1 aromatic heterocycles. The van der Waals surface area contributed by atoms with Crippen molar-refractivity contribution in [2.45, 2.75) is 71.9 Å². The third kappa shape index (κ3) is 4.71. The minimum absolute atomic E-state index is 0. The van der Waals surface area contributed by atoms with Gasteiger partial charge in [0.25, 0.3) is 5.91 Å². The second kappa shape index (κ2) is 7.97. The number of rotatable bonds is 6. The summed E-state index contributed by atoms with van der Waals surface area (Å²) in [7, 11) is 0. The number of nitrogens with zero attached hydrogens (tertiary/aromatic N) is 2. The average Bonchev–Trinajstić information content (AvgIpc) is 2.88. The van der Waals surface area contributed by atoms with E-state index in [-0.39, 0.29) is 29.4 Å². The fourth-order valence-electron chi connectivity index (χ4n) is 2.33. The van der Waals surface area contributed by atoms with Crippen molar-refractivity contribution in [3.8, 4) is 0 Å². The molecular formula is C16H31ClN4O. The standard InChI is InChI=1S/C16H30N4O.ClH/c1-7-13-12(10-19-20(13)15(4,5)6)14(21)18-11-16(17,8-2)9-3;/h10H,7-9,11,17H2,1-6H3,(H,18,21);1H. The fourth-order valence-corrected chi connectivity index (χ4v) is 2.33. The number of nitrogens with one attached hydrogen (secondary N) is 1. The Morgan fingerprint density at radius 2 is 1.82 bits per heavy atom. The van der Waals surface area contributed by atoms with Gasteiger partial charge in [-0.1, -0.05) is 20.8 Å². The minimum Gasteiger partial charge on any atom is -0.350 e. The van der Waals surface area contributed by atoms with Gasteiger partial charge in [0.2, 0.25) is 0 Å². The quantitative estimate of drug-likeness (QED) is 0.842. The molecule has 0 unspecified atom stereocenters. The molecule has 6 heteroatoms. The van der Waals surface area contributed by atoms with E-state index in [1.807, 2.05) is 25.5 Å². The molecule has 0 spiro atoms.